The molecule has 2 aromatic heterocycles. The highest BCUT2D eigenvalue weighted by atomic mass is 16.3. The number of hydrogen-bond donors (Lipinski definition) is 2. The van der Waals surface area contributed by atoms with E-state index < -0.39 is 0 Å². The van der Waals surface area contributed by atoms with Crippen LogP contribution >= 0.6 is 0 Å². The third kappa shape index (κ3) is 2.03. The molecule has 3 aromatic rings. The van der Waals surface area contributed by atoms with Crippen LogP contribution in [0, 0.1) is 0 Å². The maximum atomic E-state index is 12.6. The molecular formula is C17H16N2O2. The van der Waals surface area contributed by atoms with Crippen molar-refractivity contribution < 1.29 is 9.21 Å². The molecule has 2 heterocycles. The number of benzene rings is 1. The largest absolute Gasteiger partial charge is 0.469 e. The normalized spacial score (nSPS) is 17.6. The van der Waals surface area contributed by atoms with Gasteiger partial charge in [-0.15, -0.1) is 0 Å². The second-order valence-electron chi connectivity index (χ2n) is 5.47. The molecule has 4 heteroatoms. The summed E-state index contributed by atoms with van der Waals surface area (Å²) in [5.74, 6) is 0.969. The van der Waals surface area contributed by atoms with Crippen molar-refractivity contribution in [1.29, 1.82) is 0 Å². The van der Waals surface area contributed by atoms with Gasteiger partial charge in [0.05, 0.1) is 17.9 Å². The molecule has 1 aliphatic carbocycles. The molecule has 0 spiro atoms. The van der Waals surface area contributed by atoms with Gasteiger partial charge in [-0.3, -0.25) is 4.79 Å². The van der Waals surface area contributed by atoms with Crippen LogP contribution in [0.15, 0.2) is 47.2 Å². The molecule has 106 valence electrons. The summed E-state index contributed by atoms with van der Waals surface area (Å²) in [6.07, 6.45) is 6.45. The minimum absolute atomic E-state index is 0.0356. The number of furan rings is 1. The molecule has 4 rings (SSSR count). The molecule has 0 radical (unpaired) electrons. The summed E-state index contributed by atoms with van der Waals surface area (Å²) in [5, 5.41) is 4.09. The van der Waals surface area contributed by atoms with Gasteiger partial charge >= 0.3 is 0 Å². The number of nitrogens with one attached hydrogen (secondary N) is 2. The zero-order valence-electron chi connectivity index (χ0n) is 11.6. The summed E-state index contributed by atoms with van der Waals surface area (Å²) in [7, 11) is 0. The minimum Gasteiger partial charge on any atom is -0.469 e. The Bertz CT molecular complexity index is 800. The van der Waals surface area contributed by atoms with Gasteiger partial charge in [0.1, 0.15) is 5.76 Å². The quantitative estimate of drug-likeness (QED) is 0.754. The summed E-state index contributed by atoms with van der Waals surface area (Å²) < 4.78 is 5.47. The van der Waals surface area contributed by atoms with E-state index >= 15 is 0 Å². The number of carbonyl (C=O) groups excluding carboxylic acids is 1. The lowest BCUT2D eigenvalue weighted by atomic mass is 9.93. The number of rotatable bonds is 2. The number of aryl methyl sites for hydroxylation is 1. The molecule has 2 N–H and O–H groups in total. The van der Waals surface area contributed by atoms with Crippen LogP contribution in [-0.4, -0.2) is 10.9 Å². The maximum Gasteiger partial charge on any atom is 0.253 e. The van der Waals surface area contributed by atoms with Crippen molar-refractivity contribution in [2.45, 2.75) is 25.3 Å². The van der Waals surface area contributed by atoms with Crippen molar-refractivity contribution in [3.63, 3.8) is 0 Å². The maximum absolute atomic E-state index is 12.6. The Hall–Kier alpha value is -2.49. The van der Waals surface area contributed by atoms with E-state index in [1.54, 1.807) is 12.5 Å². The van der Waals surface area contributed by atoms with E-state index in [2.05, 4.69) is 10.3 Å². The molecule has 1 amide bonds. The summed E-state index contributed by atoms with van der Waals surface area (Å²) >= 11 is 0. The Morgan fingerprint density at radius 1 is 1.29 bits per heavy atom. The zero-order valence-corrected chi connectivity index (χ0v) is 11.6. The molecule has 1 atom stereocenters. The van der Waals surface area contributed by atoms with Gasteiger partial charge in [0.2, 0.25) is 0 Å². The number of carbonyl (C=O) groups is 1. The Morgan fingerprint density at radius 2 is 2.19 bits per heavy atom. The average Bonchev–Trinajstić information content (AvgIpc) is 3.14. The first-order valence-corrected chi connectivity index (χ1v) is 7.26. The first kappa shape index (κ1) is 12.3. The summed E-state index contributed by atoms with van der Waals surface area (Å²) in [6.45, 7) is 0. The average molecular weight is 280 g/mol. The molecule has 0 saturated carbocycles. The van der Waals surface area contributed by atoms with Crippen LogP contribution in [0.5, 0.6) is 0 Å². The Balaban J connectivity index is 1.62. The highest BCUT2D eigenvalue weighted by Crippen LogP contribution is 2.31. The Kier molecular flexibility index (Phi) is 2.81. The van der Waals surface area contributed by atoms with Crippen molar-refractivity contribution >= 4 is 16.8 Å². The molecule has 1 aromatic carbocycles. The molecule has 4 nitrogen and oxygen atoms in total. The second kappa shape index (κ2) is 4.81. The van der Waals surface area contributed by atoms with E-state index in [0.29, 0.717) is 5.56 Å². The van der Waals surface area contributed by atoms with Crippen molar-refractivity contribution in [1.82, 2.24) is 10.3 Å². The fraction of sp³-hybridized carbons (Fsp3) is 0.235. The highest BCUT2D eigenvalue weighted by Gasteiger charge is 2.25. The zero-order chi connectivity index (χ0) is 14.2. The molecule has 0 saturated heterocycles. The van der Waals surface area contributed by atoms with Crippen molar-refractivity contribution in [3.05, 3.63) is 59.7 Å². The lowest BCUT2D eigenvalue weighted by molar-refractivity contribution is 0.0934. The number of aromatic amines is 1. The van der Waals surface area contributed by atoms with E-state index in [-0.39, 0.29) is 11.9 Å². The number of H-pyrrole nitrogens is 1. The van der Waals surface area contributed by atoms with Crippen LogP contribution in [0.2, 0.25) is 0 Å². The molecule has 0 bridgehead atoms. The van der Waals surface area contributed by atoms with Crippen molar-refractivity contribution in [2.75, 3.05) is 0 Å². The number of amides is 1. The molecule has 0 fully saturated rings. The van der Waals surface area contributed by atoms with Gasteiger partial charge < -0.3 is 14.7 Å². The van der Waals surface area contributed by atoms with Gasteiger partial charge in [-0.05, 0) is 25.0 Å². The number of hydrogen-bond acceptors (Lipinski definition) is 2. The summed E-state index contributed by atoms with van der Waals surface area (Å²) in [6, 6.07) is 9.86. The van der Waals surface area contributed by atoms with Crippen LogP contribution in [0.4, 0.5) is 0 Å². The van der Waals surface area contributed by atoms with Crippen LogP contribution in [0.3, 0.4) is 0 Å². The second-order valence-corrected chi connectivity index (χ2v) is 5.47. The Morgan fingerprint density at radius 3 is 3.14 bits per heavy atom. The fourth-order valence-electron chi connectivity index (χ4n) is 3.13. The molecule has 21 heavy (non-hydrogen) atoms. The third-order valence-electron chi connectivity index (χ3n) is 4.19. The van der Waals surface area contributed by atoms with Gasteiger partial charge in [0.15, 0.2) is 0 Å². The highest BCUT2D eigenvalue weighted by molar-refractivity contribution is 6.06. The van der Waals surface area contributed by atoms with E-state index in [9.17, 15) is 4.79 Å². The third-order valence-corrected chi connectivity index (χ3v) is 4.19. The van der Waals surface area contributed by atoms with Gasteiger partial charge in [-0.1, -0.05) is 18.2 Å². The summed E-state index contributed by atoms with van der Waals surface area (Å²) in [5.41, 5.74) is 2.80. The van der Waals surface area contributed by atoms with Crippen LogP contribution in [0.25, 0.3) is 10.9 Å². The molecule has 1 aliphatic rings. The summed E-state index contributed by atoms with van der Waals surface area (Å²) in [4.78, 5) is 15.7. The first-order valence-electron chi connectivity index (χ1n) is 7.26. The standard InChI is InChI=1S/C17H16N2O2/c20-17(13-10-18-14-5-2-1-4-11(13)14)19-15-6-3-7-16-12(15)8-9-21-16/h1-2,4-5,8-10,15,18H,3,6-7H2,(H,19,20). The lowest BCUT2D eigenvalue weighted by Gasteiger charge is -2.22. The van der Waals surface area contributed by atoms with Gasteiger partial charge in [0, 0.05) is 29.1 Å². The SMILES string of the molecule is O=C(NC1CCCc2occc21)c1c[nH]c2ccccc12. The van der Waals surface area contributed by atoms with E-state index in [4.69, 9.17) is 4.42 Å². The fourth-order valence-corrected chi connectivity index (χ4v) is 3.13. The predicted molar refractivity (Wildman–Crippen MR) is 80.2 cm³/mol. The molecular weight excluding hydrogens is 264 g/mol. The predicted octanol–water partition coefficient (Wildman–Crippen LogP) is 3.57. The van der Waals surface area contributed by atoms with Gasteiger partial charge in [0.25, 0.3) is 5.91 Å². The number of fused-ring (bicyclic) bond motifs is 2. The molecule has 1 unspecified atom stereocenters. The first-order chi connectivity index (χ1) is 10.3. The minimum atomic E-state index is -0.0356. The topological polar surface area (TPSA) is 58.0 Å². The van der Waals surface area contributed by atoms with Gasteiger partial charge in [-0.25, -0.2) is 0 Å². The number of aromatic nitrogens is 1. The van der Waals surface area contributed by atoms with Gasteiger partial charge in [-0.2, -0.15) is 0 Å². The van der Waals surface area contributed by atoms with Crippen molar-refractivity contribution in [3.8, 4) is 0 Å². The number of para-hydroxylation sites is 1. The smallest absolute Gasteiger partial charge is 0.253 e. The van der Waals surface area contributed by atoms with Crippen molar-refractivity contribution in [2.24, 2.45) is 0 Å². The monoisotopic (exact) mass is 280 g/mol. The lowest BCUT2D eigenvalue weighted by Crippen LogP contribution is -2.30. The molecule has 0 aliphatic heterocycles. The van der Waals surface area contributed by atoms with Crippen LogP contribution < -0.4 is 5.32 Å². The van der Waals surface area contributed by atoms with Crippen LogP contribution in [0.1, 0.15) is 40.6 Å². The van der Waals surface area contributed by atoms with E-state index in [0.717, 1.165) is 41.5 Å². The van der Waals surface area contributed by atoms with E-state index in [1.165, 1.54) is 0 Å². The van der Waals surface area contributed by atoms with E-state index in [1.807, 2.05) is 30.3 Å². The van der Waals surface area contributed by atoms with Crippen LogP contribution in [-0.2, 0) is 6.42 Å². The Labute approximate surface area is 122 Å².